The molecular formula is C18H31NO. The molecular weight excluding hydrogens is 246 g/mol. The van der Waals surface area contributed by atoms with Crippen molar-refractivity contribution in [2.75, 3.05) is 13.2 Å². The van der Waals surface area contributed by atoms with Gasteiger partial charge in [0.1, 0.15) is 5.75 Å². The summed E-state index contributed by atoms with van der Waals surface area (Å²) in [4.78, 5) is 0. The minimum atomic E-state index is 0.348. The SMILES string of the molecule is CCCCCCOc1ccc(C)cc1C(C)NCCC. The summed E-state index contributed by atoms with van der Waals surface area (Å²) < 4.78 is 6.00. The third kappa shape index (κ3) is 5.96. The summed E-state index contributed by atoms with van der Waals surface area (Å²) in [5.74, 6) is 1.04. The van der Waals surface area contributed by atoms with Gasteiger partial charge in [0.2, 0.25) is 0 Å². The monoisotopic (exact) mass is 277 g/mol. The molecule has 1 aromatic rings. The third-order valence-electron chi connectivity index (χ3n) is 3.59. The number of hydrogen-bond donors (Lipinski definition) is 1. The largest absolute Gasteiger partial charge is 0.493 e. The molecule has 114 valence electrons. The summed E-state index contributed by atoms with van der Waals surface area (Å²) >= 11 is 0. The van der Waals surface area contributed by atoms with Crippen LogP contribution in [0.3, 0.4) is 0 Å². The molecule has 0 saturated carbocycles. The highest BCUT2D eigenvalue weighted by Gasteiger charge is 2.11. The first-order valence-corrected chi connectivity index (χ1v) is 8.15. The van der Waals surface area contributed by atoms with Gasteiger partial charge in [-0.2, -0.15) is 0 Å². The maximum atomic E-state index is 6.00. The minimum Gasteiger partial charge on any atom is -0.493 e. The zero-order valence-corrected chi connectivity index (χ0v) is 13.7. The Kier molecular flexibility index (Phi) is 8.36. The third-order valence-corrected chi connectivity index (χ3v) is 3.59. The standard InChI is InChI=1S/C18H31NO/c1-5-7-8-9-13-20-18-11-10-15(3)14-17(18)16(4)19-12-6-2/h10-11,14,16,19H,5-9,12-13H2,1-4H3. The van der Waals surface area contributed by atoms with Crippen molar-refractivity contribution in [2.24, 2.45) is 0 Å². The van der Waals surface area contributed by atoms with Crippen LogP contribution in [-0.4, -0.2) is 13.2 Å². The molecule has 0 heterocycles. The van der Waals surface area contributed by atoms with Gasteiger partial charge in [0, 0.05) is 11.6 Å². The van der Waals surface area contributed by atoms with Gasteiger partial charge in [-0.1, -0.05) is 50.8 Å². The van der Waals surface area contributed by atoms with Gasteiger partial charge in [0.05, 0.1) is 6.61 Å². The maximum Gasteiger partial charge on any atom is 0.124 e. The zero-order chi connectivity index (χ0) is 14.8. The molecule has 0 saturated heterocycles. The molecule has 0 fully saturated rings. The van der Waals surface area contributed by atoms with Crippen molar-refractivity contribution >= 4 is 0 Å². The molecule has 0 aliphatic heterocycles. The summed E-state index contributed by atoms with van der Waals surface area (Å²) in [6.07, 6.45) is 6.15. The number of unbranched alkanes of at least 4 members (excludes halogenated alkanes) is 3. The fraction of sp³-hybridized carbons (Fsp3) is 0.667. The molecule has 0 radical (unpaired) electrons. The van der Waals surface area contributed by atoms with Gasteiger partial charge in [-0.3, -0.25) is 0 Å². The summed E-state index contributed by atoms with van der Waals surface area (Å²) in [5, 5.41) is 3.55. The van der Waals surface area contributed by atoms with E-state index in [0.717, 1.165) is 31.7 Å². The van der Waals surface area contributed by atoms with Crippen molar-refractivity contribution in [1.82, 2.24) is 5.32 Å². The molecule has 1 unspecified atom stereocenters. The van der Waals surface area contributed by atoms with Crippen molar-refractivity contribution in [1.29, 1.82) is 0 Å². The molecule has 1 atom stereocenters. The molecule has 2 nitrogen and oxygen atoms in total. The summed E-state index contributed by atoms with van der Waals surface area (Å²) in [6.45, 7) is 10.7. The lowest BCUT2D eigenvalue weighted by molar-refractivity contribution is 0.299. The first kappa shape index (κ1) is 17.0. The van der Waals surface area contributed by atoms with E-state index in [2.05, 4.69) is 51.2 Å². The van der Waals surface area contributed by atoms with E-state index in [9.17, 15) is 0 Å². The van der Waals surface area contributed by atoms with E-state index >= 15 is 0 Å². The fourth-order valence-corrected chi connectivity index (χ4v) is 2.32. The molecule has 1 aromatic carbocycles. The van der Waals surface area contributed by atoms with Gasteiger partial charge in [0.15, 0.2) is 0 Å². The van der Waals surface area contributed by atoms with Crippen molar-refractivity contribution < 1.29 is 4.74 Å². The highest BCUT2D eigenvalue weighted by Crippen LogP contribution is 2.26. The van der Waals surface area contributed by atoms with Crippen LogP contribution in [0.15, 0.2) is 18.2 Å². The molecule has 0 aromatic heterocycles. The van der Waals surface area contributed by atoms with Crippen LogP contribution in [0.25, 0.3) is 0 Å². The van der Waals surface area contributed by atoms with Crippen molar-refractivity contribution in [3.63, 3.8) is 0 Å². The van der Waals surface area contributed by atoms with Crippen LogP contribution in [0, 0.1) is 6.92 Å². The first-order valence-electron chi connectivity index (χ1n) is 8.15. The summed E-state index contributed by atoms with van der Waals surface area (Å²) in [7, 11) is 0. The topological polar surface area (TPSA) is 21.3 Å². The molecule has 20 heavy (non-hydrogen) atoms. The Morgan fingerprint density at radius 1 is 1.10 bits per heavy atom. The average molecular weight is 277 g/mol. The van der Waals surface area contributed by atoms with Gasteiger partial charge in [-0.15, -0.1) is 0 Å². The number of rotatable bonds is 10. The number of aryl methyl sites for hydroxylation is 1. The summed E-state index contributed by atoms with van der Waals surface area (Å²) in [6, 6.07) is 6.85. The Morgan fingerprint density at radius 2 is 1.90 bits per heavy atom. The Morgan fingerprint density at radius 3 is 2.60 bits per heavy atom. The fourth-order valence-electron chi connectivity index (χ4n) is 2.32. The van der Waals surface area contributed by atoms with Crippen LogP contribution in [0.4, 0.5) is 0 Å². The Labute approximate surface area is 124 Å². The van der Waals surface area contributed by atoms with Crippen LogP contribution in [0.1, 0.15) is 70.0 Å². The lowest BCUT2D eigenvalue weighted by Gasteiger charge is -2.19. The van der Waals surface area contributed by atoms with E-state index in [1.807, 2.05) is 0 Å². The van der Waals surface area contributed by atoms with Crippen molar-refractivity contribution in [3.8, 4) is 5.75 Å². The van der Waals surface area contributed by atoms with E-state index in [1.165, 1.54) is 30.4 Å². The van der Waals surface area contributed by atoms with E-state index in [0.29, 0.717) is 6.04 Å². The molecule has 0 aliphatic rings. The Bertz CT molecular complexity index is 376. The highest BCUT2D eigenvalue weighted by atomic mass is 16.5. The first-order chi connectivity index (χ1) is 9.69. The van der Waals surface area contributed by atoms with Gasteiger partial charge in [-0.25, -0.2) is 0 Å². The van der Waals surface area contributed by atoms with E-state index < -0.39 is 0 Å². The minimum absolute atomic E-state index is 0.348. The number of nitrogens with one attached hydrogen (secondary N) is 1. The second kappa shape index (κ2) is 9.82. The number of ether oxygens (including phenoxy) is 1. The Hall–Kier alpha value is -1.02. The average Bonchev–Trinajstić information content (AvgIpc) is 2.45. The second-order valence-electron chi connectivity index (χ2n) is 5.63. The predicted molar refractivity (Wildman–Crippen MR) is 87.5 cm³/mol. The van der Waals surface area contributed by atoms with Crippen LogP contribution in [0.2, 0.25) is 0 Å². The molecule has 0 aliphatic carbocycles. The molecule has 1 N–H and O–H groups in total. The van der Waals surface area contributed by atoms with Crippen LogP contribution >= 0.6 is 0 Å². The number of benzene rings is 1. The second-order valence-corrected chi connectivity index (χ2v) is 5.63. The van der Waals surface area contributed by atoms with Crippen molar-refractivity contribution in [2.45, 2.75) is 65.8 Å². The quantitative estimate of drug-likeness (QED) is 0.607. The number of hydrogen-bond acceptors (Lipinski definition) is 2. The van der Waals surface area contributed by atoms with Crippen LogP contribution in [-0.2, 0) is 0 Å². The van der Waals surface area contributed by atoms with Gasteiger partial charge < -0.3 is 10.1 Å². The predicted octanol–water partition coefficient (Wildman–Crippen LogP) is 5.01. The van der Waals surface area contributed by atoms with Gasteiger partial charge in [-0.05, 0) is 39.3 Å². The van der Waals surface area contributed by atoms with Crippen LogP contribution in [0.5, 0.6) is 5.75 Å². The molecule has 0 spiro atoms. The highest BCUT2D eigenvalue weighted by molar-refractivity contribution is 5.38. The molecule has 0 amide bonds. The smallest absolute Gasteiger partial charge is 0.124 e. The lowest BCUT2D eigenvalue weighted by atomic mass is 10.0. The lowest BCUT2D eigenvalue weighted by Crippen LogP contribution is -2.20. The Balaban J connectivity index is 2.59. The molecule has 2 heteroatoms. The summed E-state index contributed by atoms with van der Waals surface area (Å²) in [5.41, 5.74) is 2.58. The van der Waals surface area contributed by atoms with Crippen LogP contribution < -0.4 is 10.1 Å². The van der Waals surface area contributed by atoms with Crippen molar-refractivity contribution in [3.05, 3.63) is 29.3 Å². The van der Waals surface area contributed by atoms with Gasteiger partial charge in [0.25, 0.3) is 0 Å². The normalized spacial score (nSPS) is 12.4. The maximum absolute atomic E-state index is 6.00. The van der Waals surface area contributed by atoms with E-state index in [1.54, 1.807) is 0 Å². The van der Waals surface area contributed by atoms with E-state index in [4.69, 9.17) is 4.74 Å². The van der Waals surface area contributed by atoms with E-state index in [-0.39, 0.29) is 0 Å². The zero-order valence-electron chi connectivity index (χ0n) is 13.7. The van der Waals surface area contributed by atoms with Gasteiger partial charge >= 0.3 is 0 Å². The molecule has 0 bridgehead atoms. The molecule has 1 rings (SSSR count).